The zero-order valence-electron chi connectivity index (χ0n) is 16.2. The quantitative estimate of drug-likeness (QED) is 0.849. The van der Waals surface area contributed by atoms with Crippen LogP contribution in [0.25, 0.3) is 0 Å². The van der Waals surface area contributed by atoms with Crippen LogP contribution in [0.15, 0.2) is 30.6 Å². The van der Waals surface area contributed by atoms with Crippen LogP contribution in [0.2, 0.25) is 0 Å². The summed E-state index contributed by atoms with van der Waals surface area (Å²) in [5, 5.41) is 7.00. The van der Waals surface area contributed by atoms with Crippen molar-refractivity contribution in [2.24, 2.45) is 5.41 Å². The van der Waals surface area contributed by atoms with E-state index in [0.717, 1.165) is 17.7 Å². The number of rotatable bonds is 3. The van der Waals surface area contributed by atoms with Crippen LogP contribution in [0, 0.1) is 12.3 Å². The fourth-order valence-electron chi connectivity index (χ4n) is 3.00. The molecule has 1 fully saturated rings. The maximum absolute atomic E-state index is 13.3. The lowest BCUT2D eigenvalue weighted by Crippen LogP contribution is -2.48. The molecule has 3 heterocycles. The normalized spacial score (nSPS) is 17.6. The number of anilines is 1. The Bertz CT molecular complexity index is 826. The maximum Gasteiger partial charge on any atom is 0.264 e. The molecule has 2 aromatic heterocycles. The molecule has 144 valence electrons. The summed E-state index contributed by atoms with van der Waals surface area (Å²) in [5.41, 5.74) is 1.43. The highest BCUT2D eigenvalue weighted by atomic mass is 32.1. The van der Waals surface area contributed by atoms with Gasteiger partial charge in [0.05, 0.1) is 15.9 Å². The van der Waals surface area contributed by atoms with Crippen molar-refractivity contribution in [3.05, 3.63) is 46.6 Å². The first-order valence-corrected chi connectivity index (χ1v) is 9.92. The summed E-state index contributed by atoms with van der Waals surface area (Å²) in [6, 6.07) is 5.72. The van der Waals surface area contributed by atoms with E-state index < -0.39 is 5.41 Å². The van der Waals surface area contributed by atoms with Gasteiger partial charge in [-0.25, -0.2) is 0 Å². The minimum Gasteiger partial charge on any atom is -0.328 e. The van der Waals surface area contributed by atoms with Crippen LogP contribution in [-0.2, 0) is 4.79 Å². The minimum absolute atomic E-state index is 0.00381. The summed E-state index contributed by atoms with van der Waals surface area (Å²) in [6.07, 6.45) is 3.55. The van der Waals surface area contributed by atoms with Crippen LogP contribution in [0.4, 0.5) is 5.00 Å². The van der Waals surface area contributed by atoms with Gasteiger partial charge in [0.1, 0.15) is 0 Å². The molecule has 1 aliphatic heterocycles. The largest absolute Gasteiger partial charge is 0.328 e. The van der Waals surface area contributed by atoms with E-state index in [1.807, 2.05) is 57.0 Å². The van der Waals surface area contributed by atoms with Gasteiger partial charge in [0.15, 0.2) is 0 Å². The Morgan fingerprint density at radius 3 is 2.81 bits per heavy atom. The topological polar surface area (TPSA) is 74.3 Å². The van der Waals surface area contributed by atoms with Gasteiger partial charge in [0, 0.05) is 37.4 Å². The number of nitrogens with one attached hydrogen (secondary N) is 2. The second kappa shape index (κ2) is 7.78. The number of hydrogen-bond acceptors (Lipinski definition) is 5. The first-order chi connectivity index (χ1) is 12.8. The smallest absolute Gasteiger partial charge is 0.264 e. The first kappa shape index (κ1) is 19.5. The second-order valence-corrected chi connectivity index (χ2v) is 8.88. The predicted molar refractivity (Wildman–Crippen MR) is 108 cm³/mol. The van der Waals surface area contributed by atoms with Gasteiger partial charge >= 0.3 is 0 Å². The summed E-state index contributed by atoms with van der Waals surface area (Å²) in [7, 11) is 0. The molecule has 2 amide bonds. The van der Waals surface area contributed by atoms with Crippen molar-refractivity contribution in [1.29, 1.82) is 0 Å². The molecule has 0 bridgehead atoms. The third-order valence-corrected chi connectivity index (χ3v) is 5.74. The number of pyridine rings is 1. The number of carbonyl (C=O) groups is 2. The molecule has 7 heteroatoms. The van der Waals surface area contributed by atoms with Crippen LogP contribution in [-0.4, -0.2) is 41.3 Å². The van der Waals surface area contributed by atoms with Gasteiger partial charge in [0.25, 0.3) is 5.91 Å². The maximum atomic E-state index is 13.3. The lowest BCUT2D eigenvalue weighted by Gasteiger charge is -2.36. The fraction of sp³-hybridized carbons (Fsp3) is 0.450. The van der Waals surface area contributed by atoms with Crippen molar-refractivity contribution >= 4 is 28.2 Å². The van der Waals surface area contributed by atoms with E-state index in [9.17, 15) is 9.59 Å². The van der Waals surface area contributed by atoms with Crippen LogP contribution >= 0.6 is 11.3 Å². The second-order valence-electron chi connectivity index (χ2n) is 7.83. The molecule has 27 heavy (non-hydrogen) atoms. The molecule has 1 aliphatic rings. The molecule has 0 radical (unpaired) electrons. The predicted octanol–water partition coefficient (Wildman–Crippen LogP) is 3.22. The molecular weight excluding hydrogens is 360 g/mol. The fourth-order valence-corrected chi connectivity index (χ4v) is 4.03. The van der Waals surface area contributed by atoms with E-state index in [1.54, 1.807) is 6.20 Å². The SMILES string of the molecule is Cc1cc(NC(=O)C(C)(C)C)sc1C(=O)N1CCNCC1c1cccnc1. The van der Waals surface area contributed by atoms with Crippen LogP contribution in [0.1, 0.15) is 47.6 Å². The number of piperazine rings is 1. The Hall–Kier alpha value is -2.25. The van der Waals surface area contributed by atoms with E-state index in [0.29, 0.717) is 23.0 Å². The van der Waals surface area contributed by atoms with Crippen molar-refractivity contribution in [3.63, 3.8) is 0 Å². The zero-order valence-corrected chi connectivity index (χ0v) is 17.0. The number of carbonyl (C=O) groups excluding carboxylic acids is 2. The highest BCUT2D eigenvalue weighted by Crippen LogP contribution is 2.32. The number of amides is 2. The molecule has 2 aromatic rings. The molecule has 1 saturated heterocycles. The lowest BCUT2D eigenvalue weighted by atomic mass is 9.96. The third-order valence-electron chi connectivity index (χ3n) is 4.60. The van der Waals surface area contributed by atoms with Gasteiger partial charge in [0.2, 0.25) is 5.91 Å². The number of hydrogen-bond donors (Lipinski definition) is 2. The summed E-state index contributed by atoms with van der Waals surface area (Å²) >= 11 is 1.34. The van der Waals surface area contributed by atoms with Gasteiger partial charge in [-0.1, -0.05) is 26.8 Å². The Morgan fingerprint density at radius 1 is 1.37 bits per heavy atom. The average Bonchev–Trinajstić information content (AvgIpc) is 3.01. The summed E-state index contributed by atoms with van der Waals surface area (Å²) < 4.78 is 0. The summed E-state index contributed by atoms with van der Waals surface area (Å²) in [4.78, 5) is 32.3. The average molecular weight is 387 g/mol. The van der Waals surface area contributed by atoms with Crippen molar-refractivity contribution in [2.75, 3.05) is 25.0 Å². The van der Waals surface area contributed by atoms with Crippen molar-refractivity contribution in [3.8, 4) is 0 Å². The molecule has 0 aliphatic carbocycles. The van der Waals surface area contributed by atoms with Gasteiger partial charge in [-0.2, -0.15) is 0 Å². The summed E-state index contributed by atoms with van der Waals surface area (Å²) in [5.74, 6) is -0.0535. The molecule has 3 rings (SSSR count). The third kappa shape index (κ3) is 4.36. The molecule has 2 N–H and O–H groups in total. The van der Waals surface area contributed by atoms with Gasteiger partial charge in [-0.05, 0) is 30.2 Å². The highest BCUT2D eigenvalue weighted by molar-refractivity contribution is 7.18. The minimum atomic E-state index is -0.480. The number of aryl methyl sites for hydroxylation is 1. The molecule has 0 spiro atoms. The Balaban J connectivity index is 1.83. The van der Waals surface area contributed by atoms with Crippen molar-refractivity contribution in [1.82, 2.24) is 15.2 Å². The Labute approximate surface area is 164 Å². The molecule has 0 aromatic carbocycles. The van der Waals surface area contributed by atoms with Crippen molar-refractivity contribution in [2.45, 2.75) is 33.7 Å². The first-order valence-electron chi connectivity index (χ1n) is 9.11. The molecule has 0 saturated carbocycles. The highest BCUT2D eigenvalue weighted by Gasteiger charge is 2.31. The van der Waals surface area contributed by atoms with Crippen LogP contribution < -0.4 is 10.6 Å². The van der Waals surface area contributed by atoms with Crippen LogP contribution in [0.5, 0.6) is 0 Å². The molecule has 6 nitrogen and oxygen atoms in total. The summed E-state index contributed by atoms with van der Waals surface area (Å²) in [6.45, 7) is 9.63. The molecule has 1 unspecified atom stereocenters. The number of nitrogens with zero attached hydrogens (tertiary/aromatic N) is 2. The zero-order chi connectivity index (χ0) is 19.6. The van der Waals surface area contributed by atoms with Gasteiger partial charge < -0.3 is 15.5 Å². The standard InChI is InChI=1S/C20H26N4O2S/c1-13-10-16(23-19(26)20(2,3)4)27-17(13)18(25)24-9-8-22-12-15(24)14-6-5-7-21-11-14/h5-7,10-11,15,22H,8-9,12H2,1-4H3,(H,23,26). The van der Waals surface area contributed by atoms with E-state index >= 15 is 0 Å². The Morgan fingerprint density at radius 2 is 2.15 bits per heavy atom. The van der Waals surface area contributed by atoms with Crippen molar-refractivity contribution < 1.29 is 9.59 Å². The van der Waals surface area contributed by atoms with Gasteiger partial charge in [-0.3, -0.25) is 14.6 Å². The van der Waals surface area contributed by atoms with E-state index in [-0.39, 0.29) is 17.9 Å². The molecular formula is C20H26N4O2S. The molecule has 1 atom stereocenters. The van der Waals surface area contributed by atoms with E-state index in [1.165, 1.54) is 11.3 Å². The number of aromatic nitrogens is 1. The van der Waals surface area contributed by atoms with E-state index in [4.69, 9.17) is 0 Å². The number of thiophene rings is 1. The van der Waals surface area contributed by atoms with Gasteiger partial charge in [-0.15, -0.1) is 11.3 Å². The monoisotopic (exact) mass is 386 g/mol. The van der Waals surface area contributed by atoms with E-state index in [2.05, 4.69) is 15.6 Å². The van der Waals surface area contributed by atoms with Crippen LogP contribution in [0.3, 0.4) is 0 Å². The Kier molecular flexibility index (Phi) is 5.62. The lowest BCUT2D eigenvalue weighted by molar-refractivity contribution is -0.123.